The Morgan fingerprint density at radius 2 is 1.12 bits per heavy atom. The van der Waals surface area contributed by atoms with Gasteiger partial charge in [0.1, 0.15) is 0 Å². The second-order valence-corrected chi connectivity index (χ2v) is 6.15. The molecule has 0 aliphatic carbocycles. The normalized spacial score (nSPS) is 11.8. The van der Waals surface area contributed by atoms with Crippen LogP contribution in [0.25, 0.3) is 0 Å². The summed E-state index contributed by atoms with van der Waals surface area (Å²) in [7, 11) is 0. The highest BCUT2D eigenvalue weighted by Gasteiger charge is 2.42. The zero-order valence-electron chi connectivity index (χ0n) is 17.0. The molecule has 0 rings (SSSR count). The summed E-state index contributed by atoms with van der Waals surface area (Å²) in [5, 5.41) is 3.21. The Morgan fingerprint density at radius 3 is 1.47 bits per heavy atom. The lowest BCUT2D eigenvalue weighted by molar-refractivity contribution is -0.185. The van der Waals surface area contributed by atoms with Gasteiger partial charge >= 0.3 is 36.3 Å². The molecular weight excluding hydrogens is 467 g/mol. The molecule has 7 nitrogen and oxygen atoms in total. The summed E-state index contributed by atoms with van der Waals surface area (Å²) in [6, 6.07) is 0. The lowest BCUT2D eigenvalue weighted by Gasteiger charge is -2.23. The molecule has 0 saturated carbocycles. The molecule has 16 heteroatoms. The highest BCUT2D eigenvalue weighted by atomic mass is 19.4. The van der Waals surface area contributed by atoms with Gasteiger partial charge < -0.3 is 21.3 Å². The van der Waals surface area contributed by atoms with Gasteiger partial charge in [-0.3, -0.25) is 14.4 Å². The van der Waals surface area contributed by atoms with Crippen LogP contribution in [-0.4, -0.2) is 73.9 Å². The first-order chi connectivity index (χ1) is 14.5. The second kappa shape index (κ2) is 14.7. The number of rotatable bonds is 10. The third kappa shape index (κ3) is 15.5. The van der Waals surface area contributed by atoms with Gasteiger partial charge in [-0.2, -0.15) is 39.5 Å². The summed E-state index contributed by atoms with van der Waals surface area (Å²) in [4.78, 5) is 32.2. The monoisotopic (exact) mass is 492 g/mol. The SMILES string of the molecule is CCCCN(CCCNC(=O)C(F)(F)F)C(=O)C(F)(F)F.NCCCNC(=O)C(F)(F)F. The fourth-order valence-corrected chi connectivity index (χ4v) is 1.82. The first-order valence-electron chi connectivity index (χ1n) is 9.24. The van der Waals surface area contributed by atoms with E-state index in [1.807, 2.05) is 0 Å². The Kier molecular flexibility index (Phi) is 14.7. The van der Waals surface area contributed by atoms with Gasteiger partial charge in [0, 0.05) is 26.2 Å². The molecule has 0 spiro atoms. The standard InChI is InChI=1S/C11H16F6N2O2.C5H9F3N2O/c1-2-3-6-19(9(21)11(15,16)17)7-4-5-18-8(20)10(12,13)14;6-5(7,8)4(11)10-3-1-2-9/h2-7H2,1H3,(H,18,20);1-3,9H2,(H,10,11). The van der Waals surface area contributed by atoms with Gasteiger partial charge in [0.05, 0.1) is 0 Å². The molecule has 0 unspecified atom stereocenters. The first kappa shape index (κ1) is 31.9. The maximum absolute atomic E-state index is 12.3. The van der Waals surface area contributed by atoms with Crippen molar-refractivity contribution >= 4 is 17.7 Å². The maximum Gasteiger partial charge on any atom is 0.471 e. The number of carbonyl (C=O) groups is 3. The Hall–Kier alpha value is -2.26. The van der Waals surface area contributed by atoms with E-state index < -0.39 is 42.8 Å². The Labute approximate surface area is 177 Å². The molecule has 190 valence electrons. The number of nitrogens with zero attached hydrogens (tertiary/aromatic N) is 1. The minimum absolute atomic E-state index is 0.0329. The maximum atomic E-state index is 12.3. The minimum Gasteiger partial charge on any atom is -0.348 e. The van der Waals surface area contributed by atoms with Crippen LogP contribution in [0.2, 0.25) is 0 Å². The largest absolute Gasteiger partial charge is 0.471 e. The van der Waals surface area contributed by atoms with E-state index in [4.69, 9.17) is 5.73 Å². The van der Waals surface area contributed by atoms with Crippen LogP contribution in [0.4, 0.5) is 39.5 Å². The number of nitrogens with one attached hydrogen (secondary N) is 2. The second-order valence-electron chi connectivity index (χ2n) is 6.15. The van der Waals surface area contributed by atoms with Crippen LogP contribution in [0.5, 0.6) is 0 Å². The van der Waals surface area contributed by atoms with Crippen LogP contribution in [0.3, 0.4) is 0 Å². The number of alkyl halides is 9. The van der Waals surface area contributed by atoms with Crippen molar-refractivity contribution in [3.63, 3.8) is 0 Å². The number of halogens is 9. The van der Waals surface area contributed by atoms with E-state index in [0.29, 0.717) is 24.2 Å². The number of unbranched alkanes of at least 4 members (excludes halogenated alkanes) is 1. The molecule has 3 amide bonds. The zero-order valence-corrected chi connectivity index (χ0v) is 17.0. The van der Waals surface area contributed by atoms with Crippen molar-refractivity contribution < 1.29 is 53.9 Å². The predicted molar refractivity (Wildman–Crippen MR) is 94.0 cm³/mol. The van der Waals surface area contributed by atoms with Crippen LogP contribution in [0.15, 0.2) is 0 Å². The van der Waals surface area contributed by atoms with E-state index in [-0.39, 0.29) is 32.6 Å². The number of amides is 3. The summed E-state index contributed by atoms with van der Waals surface area (Å²) in [6.45, 7) is 0.970. The van der Waals surface area contributed by atoms with Crippen LogP contribution in [-0.2, 0) is 14.4 Å². The van der Waals surface area contributed by atoms with Crippen molar-refractivity contribution in [2.24, 2.45) is 5.73 Å². The Bertz CT molecular complexity index is 579. The van der Waals surface area contributed by atoms with Crippen LogP contribution in [0, 0.1) is 0 Å². The third-order valence-electron chi connectivity index (χ3n) is 3.38. The van der Waals surface area contributed by atoms with Crippen LogP contribution in [0.1, 0.15) is 32.6 Å². The third-order valence-corrected chi connectivity index (χ3v) is 3.38. The molecule has 0 aromatic heterocycles. The predicted octanol–water partition coefficient (Wildman–Crippen LogP) is 2.26. The van der Waals surface area contributed by atoms with Gasteiger partial charge in [-0.1, -0.05) is 13.3 Å². The van der Waals surface area contributed by atoms with Gasteiger partial charge in [-0.25, -0.2) is 0 Å². The zero-order chi connectivity index (χ0) is 25.6. The molecule has 32 heavy (non-hydrogen) atoms. The van der Waals surface area contributed by atoms with Crippen LogP contribution < -0.4 is 16.4 Å². The van der Waals surface area contributed by atoms with E-state index in [2.05, 4.69) is 0 Å². The first-order valence-corrected chi connectivity index (χ1v) is 9.24. The van der Waals surface area contributed by atoms with Crippen molar-refractivity contribution in [2.45, 2.75) is 51.1 Å². The highest BCUT2D eigenvalue weighted by molar-refractivity contribution is 5.82. The van der Waals surface area contributed by atoms with Crippen molar-refractivity contribution in [2.75, 3.05) is 32.7 Å². The van der Waals surface area contributed by atoms with Crippen molar-refractivity contribution in [3.05, 3.63) is 0 Å². The average Bonchev–Trinajstić information content (AvgIpc) is 2.65. The van der Waals surface area contributed by atoms with Crippen molar-refractivity contribution in [1.29, 1.82) is 0 Å². The molecule has 0 saturated heterocycles. The number of carbonyl (C=O) groups excluding carboxylic acids is 3. The summed E-state index contributed by atoms with van der Waals surface area (Å²) in [5.74, 6) is -6.10. The van der Waals surface area contributed by atoms with E-state index >= 15 is 0 Å². The summed E-state index contributed by atoms with van der Waals surface area (Å²) >= 11 is 0. The molecule has 0 atom stereocenters. The van der Waals surface area contributed by atoms with Crippen molar-refractivity contribution in [3.8, 4) is 0 Å². The quantitative estimate of drug-likeness (QED) is 0.322. The number of hydrogen-bond acceptors (Lipinski definition) is 4. The Balaban J connectivity index is 0. The van der Waals surface area contributed by atoms with E-state index in [9.17, 15) is 53.9 Å². The van der Waals surface area contributed by atoms with Gasteiger partial charge in [0.25, 0.3) is 0 Å². The molecular formula is C16H25F9N4O3. The molecule has 0 fully saturated rings. The lowest BCUT2D eigenvalue weighted by atomic mass is 10.3. The van der Waals surface area contributed by atoms with Gasteiger partial charge in [0.2, 0.25) is 0 Å². The topological polar surface area (TPSA) is 105 Å². The Morgan fingerprint density at radius 1 is 0.719 bits per heavy atom. The molecule has 0 aliphatic heterocycles. The average molecular weight is 492 g/mol. The lowest BCUT2D eigenvalue weighted by Crippen LogP contribution is -2.43. The molecule has 0 heterocycles. The molecule has 0 aromatic carbocycles. The van der Waals surface area contributed by atoms with E-state index in [0.717, 1.165) is 0 Å². The van der Waals surface area contributed by atoms with Crippen molar-refractivity contribution in [1.82, 2.24) is 15.5 Å². The summed E-state index contributed by atoms with van der Waals surface area (Å²) in [5.41, 5.74) is 4.99. The summed E-state index contributed by atoms with van der Waals surface area (Å²) < 4.78 is 107. The molecule has 0 bridgehead atoms. The number of nitrogens with two attached hydrogens (primary N) is 1. The van der Waals surface area contributed by atoms with Gasteiger partial charge in [-0.15, -0.1) is 0 Å². The molecule has 0 aliphatic rings. The molecule has 0 radical (unpaired) electrons. The summed E-state index contributed by atoms with van der Waals surface area (Å²) in [6.07, 6.45) is -13.8. The smallest absolute Gasteiger partial charge is 0.348 e. The van der Waals surface area contributed by atoms with Crippen LogP contribution >= 0.6 is 0 Å². The highest BCUT2D eigenvalue weighted by Crippen LogP contribution is 2.19. The van der Waals surface area contributed by atoms with Gasteiger partial charge in [-0.05, 0) is 25.8 Å². The fraction of sp³-hybridized carbons (Fsp3) is 0.812. The van der Waals surface area contributed by atoms with Gasteiger partial charge in [0.15, 0.2) is 0 Å². The number of hydrogen-bond donors (Lipinski definition) is 3. The minimum atomic E-state index is -5.04. The van der Waals surface area contributed by atoms with E-state index in [1.54, 1.807) is 12.2 Å². The fourth-order valence-electron chi connectivity index (χ4n) is 1.82. The molecule has 4 N–H and O–H groups in total. The van der Waals surface area contributed by atoms with E-state index in [1.165, 1.54) is 5.32 Å². The molecule has 0 aromatic rings.